The summed E-state index contributed by atoms with van der Waals surface area (Å²) in [7, 11) is -2.01. The van der Waals surface area contributed by atoms with Crippen molar-refractivity contribution < 1.29 is 21.6 Å². The minimum absolute atomic E-state index is 0.153. The second-order valence-electron chi connectivity index (χ2n) is 6.93. The average molecular weight is 436 g/mol. The number of alkyl halides is 3. The number of benzene rings is 1. The molecule has 2 rings (SSSR count). The van der Waals surface area contributed by atoms with Crippen molar-refractivity contribution in [2.75, 3.05) is 46.3 Å². The number of aliphatic imine (C=N–C) groups is 1. The van der Waals surface area contributed by atoms with Gasteiger partial charge in [-0.2, -0.15) is 13.2 Å². The van der Waals surface area contributed by atoms with Crippen LogP contribution in [0.3, 0.4) is 0 Å². The molecule has 1 atom stereocenters. The highest BCUT2D eigenvalue weighted by atomic mass is 32.2. The van der Waals surface area contributed by atoms with Crippen molar-refractivity contribution in [2.24, 2.45) is 4.99 Å². The first-order valence-electron chi connectivity index (χ1n) is 9.37. The van der Waals surface area contributed by atoms with E-state index in [1.165, 1.54) is 11.8 Å². The number of aryl methyl sites for hydroxylation is 1. The summed E-state index contributed by atoms with van der Waals surface area (Å²) in [6, 6.07) is 5.08. The molecule has 1 aromatic rings. The summed E-state index contributed by atoms with van der Waals surface area (Å²) < 4.78 is 65.6. The maximum atomic E-state index is 12.9. The molecule has 1 unspecified atom stereocenters. The Morgan fingerprint density at radius 3 is 2.24 bits per heavy atom. The van der Waals surface area contributed by atoms with Crippen LogP contribution < -0.4 is 10.0 Å². The van der Waals surface area contributed by atoms with Gasteiger partial charge in [0.2, 0.25) is 10.0 Å². The number of nitrogens with one attached hydrogen (secondary N) is 2. The fourth-order valence-corrected chi connectivity index (χ4v) is 4.05. The van der Waals surface area contributed by atoms with Gasteiger partial charge in [0.15, 0.2) is 5.96 Å². The molecule has 7 nitrogen and oxygen atoms in total. The van der Waals surface area contributed by atoms with E-state index in [1.807, 2.05) is 11.8 Å². The van der Waals surface area contributed by atoms with Crippen molar-refractivity contribution in [3.8, 4) is 0 Å². The van der Waals surface area contributed by atoms with E-state index < -0.39 is 22.2 Å². The van der Waals surface area contributed by atoms with Crippen LogP contribution in [0, 0.1) is 6.92 Å². The van der Waals surface area contributed by atoms with Crippen LogP contribution >= 0.6 is 0 Å². The lowest BCUT2D eigenvalue weighted by atomic mass is 10.2. The van der Waals surface area contributed by atoms with E-state index in [9.17, 15) is 21.6 Å². The van der Waals surface area contributed by atoms with Crippen molar-refractivity contribution in [2.45, 2.75) is 31.0 Å². The van der Waals surface area contributed by atoms with Gasteiger partial charge in [0, 0.05) is 46.3 Å². The van der Waals surface area contributed by atoms with Crippen LogP contribution in [0.4, 0.5) is 13.2 Å². The number of halogens is 3. The lowest BCUT2D eigenvalue weighted by Gasteiger charge is -2.39. The molecule has 0 aliphatic carbocycles. The molecule has 29 heavy (non-hydrogen) atoms. The molecule has 2 N–H and O–H groups in total. The van der Waals surface area contributed by atoms with Crippen LogP contribution in [0.2, 0.25) is 0 Å². The van der Waals surface area contributed by atoms with Crippen molar-refractivity contribution in [3.05, 3.63) is 29.8 Å². The summed E-state index contributed by atoms with van der Waals surface area (Å²) in [5.74, 6) is 0.541. The van der Waals surface area contributed by atoms with Crippen molar-refractivity contribution in [3.63, 3.8) is 0 Å². The lowest BCUT2D eigenvalue weighted by Crippen LogP contribution is -2.57. The third-order valence-corrected chi connectivity index (χ3v) is 6.36. The smallest absolute Gasteiger partial charge is 0.355 e. The van der Waals surface area contributed by atoms with Crippen LogP contribution in [0.15, 0.2) is 34.2 Å². The molecule has 0 saturated carbocycles. The molecular formula is C18H28F3N5O2S. The lowest BCUT2D eigenvalue weighted by molar-refractivity contribution is -0.181. The van der Waals surface area contributed by atoms with Crippen LogP contribution in [0.25, 0.3) is 0 Å². The van der Waals surface area contributed by atoms with Gasteiger partial charge in [0.25, 0.3) is 0 Å². The Hall–Kier alpha value is -1.85. The highest BCUT2D eigenvalue weighted by molar-refractivity contribution is 7.89. The quantitative estimate of drug-likeness (QED) is 0.402. The molecule has 1 aliphatic heterocycles. The fourth-order valence-electron chi connectivity index (χ4n) is 3.02. The van der Waals surface area contributed by atoms with Gasteiger partial charge in [0.05, 0.1) is 4.90 Å². The Labute approximate surface area is 170 Å². The third-order valence-electron chi connectivity index (χ3n) is 4.88. The first-order chi connectivity index (χ1) is 13.5. The maximum Gasteiger partial charge on any atom is 0.403 e. The summed E-state index contributed by atoms with van der Waals surface area (Å²) in [6.07, 6.45) is -4.24. The summed E-state index contributed by atoms with van der Waals surface area (Å²) >= 11 is 0. The predicted molar refractivity (Wildman–Crippen MR) is 106 cm³/mol. The summed E-state index contributed by atoms with van der Waals surface area (Å²) in [5.41, 5.74) is 0.971. The molecule has 0 aromatic heterocycles. The van der Waals surface area contributed by atoms with E-state index in [0.717, 1.165) is 5.56 Å². The van der Waals surface area contributed by atoms with Gasteiger partial charge >= 0.3 is 6.18 Å². The van der Waals surface area contributed by atoms with E-state index in [4.69, 9.17) is 0 Å². The van der Waals surface area contributed by atoms with Crippen LogP contribution in [-0.2, 0) is 10.0 Å². The van der Waals surface area contributed by atoms with E-state index in [1.54, 1.807) is 31.3 Å². The minimum atomic E-state index is -4.24. The molecule has 0 amide bonds. The third kappa shape index (κ3) is 6.58. The largest absolute Gasteiger partial charge is 0.403 e. The van der Waals surface area contributed by atoms with Crippen LogP contribution in [0.5, 0.6) is 0 Å². The predicted octanol–water partition coefficient (Wildman–Crippen LogP) is 1.42. The molecule has 0 radical (unpaired) electrons. The van der Waals surface area contributed by atoms with E-state index >= 15 is 0 Å². The number of piperazine rings is 1. The van der Waals surface area contributed by atoms with Gasteiger partial charge in [-0.3, -0.25) is 9.89 Å². The number of hydrogen-bond donors (Lipinski definition) is 2. The van der Waals surface area contributed by atoms with Crippen molar-refractivity contribution >= 4 is 16.0 Å². The number of hydrogen-bond acceptors (Lipinski definition) is 4. The van der Waals surface area contributed by atoms with Gasteiger partial charge in [-0.25, -0.2) is 13.1 Å². The maximum absolute atomic E-state index is 12.9. The second-order valence-corrected chi connectivity index (χ2v) is 8.69. The van der Waals surface area contributed by atoms with Gasteiger partial charge in [-0.05, 0) is 26.0 Å². The molecule has 1 aromatic carbocycles. The molecule has 164 valence electrons. The zero-order valence-electron chi connectivity index (χ0n) is 16.8. The summed E-state index contributed by atoms with van der Waals surface area (Å²) in [6.45, 7) is 4.89. The van der Waals surface area contributed by atoms with Crippen LogP contribution in [0.1, 0.15) is 12.5 Å². The Balaban J connectivity index is 1.79. The topological polar surface area (TPSA) is 77.0 Å². The first kappa shape index (κ1) is 23.4. The number of rotatable bonds is 6. The molecular weight excluding hydrogens is 407 g/mol. The van der Waals surface area contributed by atoms with E-state index in [0.29, 0.717) is 25.6 Å². The van der Waals surface area contributed by atoms with Crippen molar-refractivity contribution in [1.29, 1.82) is 0 Å². The van der Waals surface area contributed by atoms with Crippen LogP contribution in [-0.4, -0.2) is 82.7 Å². The zero-order valence-corrected chi connectivity index (χ0v) is 17.6. The standard InChI is InChI=1S/C18H28F3N5O2S/c1-14-4-6-16(7-5-14)29(27,28)24-9-8-23-17(22-3)26-12-10-25(11-13-26)15(2)18(19,20)21/h4-7,15,24H,8-13H2,1-3H3,(H,22,23). The highest BCUT2D eigenvalue weighted by Gasteiger charge is 2.41. The Morgan fingerprint density at radius 2 is 1.72 bits per heavy atom. The highest BCUT2D eigenvalue weighted by Crippen LogP contribution is 2.25. The molecule has 0 spiro atoms. The summed E-state index contributed by atoms with van der Waals surface area (Å²) in [4.78, 5) is 7.61. The SMILES string of the molecule is CN=C(NCCNS(=O)(=O)c1ccc(C)cc1)N1CCN(C(C)C(F)(F)F)CC1. The molecule has 1 fully saturated rings. The molecule has 11 heteroatoms. The fraction of sp³-hybridized carbons (Fsp3) is 0.611. The molecule has 1 aliphatic rings. The summed E-state index contributed by atoms with van der Waals surface area (Å²) in [5, 5.41) is 3.05. The monoisotopic (exact) mass is 435 g/mol. The first-order valence-corrected chi connectivity index (χ1v) is 10.9. The Bertz CT molecular complexity index is 789. The van der Waals surface area contributed by atoms with Gasteiger partial charge in [-0.15, -0.1) is 0 Å². The van der Waals surface area contributed by atoms with E-state index in [-0.39, 0.29) is 24.5 Å². The number of guanidine groups is 1. The Morgan fingerprint density at radius 1 is 1.14 bits per heavy atom. The Kier molecular flexibility index (Phi) is 7.89. The number of sulfonamides is 1. The van der Waals surface area contributed by atoms with Gasteiger partial charge in [0.1, 0.15) is 6.04 Å². The van der Waals surface area contributed by atoms with Gasteiger partial charge < -0.3 is 10.2 Å². The van der Waals surface area contributed by atoms with Crippen molar-refractivity contribution in [1.82, 2.24) is 19.8 Å². The molecule has 0 bridgehead atoms. The molecule has 1 heterocycles. The minimum Gasteiger partial charge on any atom is -0.355 e. The van der Waals surface area contributed by atoms with E-state index in [2.05, 4.69) is 15.0 Å². The molecule has 1 saturated heterocycles. The van der Waals surface area contributed by atoms with Gasteiger partial charge in [-0.1, -0.05) is 17.7 Å². The zero-order chi connectivity index (χ0) is 21.7. The number of nitrogens with zero attached hydrogens (tertiary/aromatic N) is 3. The normalized spacial score (nSPS) is 18.0. The second kappa shape index (κ2) is 9.77. The average Bonchev–Trinajstić information content (AvgIpc) is 2.67.